The molecule has 3 heterocycles. The van der Waals surface area contributed by atoms with Crippen LogP contribution in [0.15, 0.2) is 29.1 Å². The highest BCUT2D eigenvalue weighted by Crippen LogP contribution is 2.26. The second-order valence-electron chi connectivity index (χ2n) is 6.90. The molecule has 7 heteroatoms. The summed E-state index contributed by atoms with van der Waals surface area (Å²) in [5.74, 6) is 1.53. The van der Waals surface area contributed by atoms with Crippen molar-refractivity contribution in [3.05, 3.63) is 57.5 Å². The first-order valence-electron chi connectivity index (χ1n) is 8.83. The molecule has 1 aromatic carbocycles. The van der Waals surface area contributed by atoms with E-state index in [4.69, 9.17) is 0 Å². The van der Waals surface area contributed by atoms with E-state index in [1.54, 1.807) is 13.0 Å². The number of aryl methyl sites for hydroxylation is 2. The number of aromatic amines is 2. The Kier molecular flexibility index (Phi) is 4.06. The van der Waals surface area contributed by atoms with E-state index in [0.717, 1.165) is 41.9 Å². The van der Waals surface area contributed by atoms with Crippen molar-refractivity contribution in [2.24, 2.45) is 0 Å². The summed E-state index contributed by atoms with van der Waals surface area (Å²) in [5, 5.41) is 0. The maximum atomic E-state index is 13.0. The molecule has 3 aromatic rings. The first-order chi connectivity index (χ1) is 12.5. The first-order valence-corrected chi connectivity index (χ1v) is 8.83. The molecule has 0 aliphatic carbocycles. The van der Waals surface area contributed by atoms with Crippen molar-refractivity contribution >= 4 is 16.9 Å². The molecule has 0 radical (unpaired) electrons. The predicted molar refractivity (Wildman–Crippen MR) is 98.3 cm³/mol. The van der Waals surface area contributed by atoms with Crippen LogP contribution in [-0.2, 0) is 0 Å². The van der Waals surface area contributed by atoms with Crippen LogP contribution >= 0.6 is 0 Å². The van der Waals surface area contributed by atoms with E-state index in [9.17, 15) is 9.59 Å². The minimum absolute atomic E-state index is 0.00501. The maximum absolute atomic E-state index is 13.0. The summed E-state index contributed by atoms with van der Waals surface area (Å²) in [6.45, 7) is 4.97. The minimum Gasteiger partial charge on any atom is -0.342 e. The van der Waals surface area contributed by atoms with Crippen molar-refractivity contribution < 1.29 is 4.79 Å². The standard InChI is InChI=1S/C19H21N5O2/c1-11-20-15-6-5-13(8-17(15)22-11)19(26)24-7-3-4-14(10-24)16-9-18(25)23-12(2)21-16/h5-6,8-9,14H,3-4,7,10H2,1-2H3,(H,20,22)(H,21,23,25). The molecule has 0 spiro atoms. The normalized spacial score (nSPS) is 17.6. The Morgan fingerprint density at radius 1 is 1.15 bits per heavy atom. The van der Waals surface area contributed by atoms with E-state index >= 15 is 0 Å². The molecule has 1 amide bonds. The van der Waals surface area contributed by atoms with Gasteiger partial charge in [0, 0.05) is 30.6 Å². The maximum Gasteiger partial charge on any atom is 0.253 e. The van der Waals surface area contributed by atoms with E-state index in [2.05, 4.69) is 19.9 Å². The molecule has 2 aromatic heterocycles. The Bertz CT molecular complexity index is 1040. The van der Waals surface area contributed by atoms with Crippen LogP contribution < -0.4 is 5.56 Å². The molecule has 1 aliphatic rings. The Hall–Kier alpha value is -2.96. The summed E-state index contributed by atoms with van der Waals surface area (Å²) < 4.78 is 0. The van der Waals surface area contributed by atoms with Gasteiger partial charge in [-0.3, -0.25) is 9.59 Å². The summed E-state index contributed by atoms with van der Waals surface area (Å²) in [4.78, 5) is 41.2. The third kappa shape index (κ3) is 3.12. The van der Waals surface area contributed by atoms with E-state index < -0.39 is 0 Å². The summed E-state index contributed by atoms with van der Waals surface area (Å²) in [5.41, 5.74) is 3.00. The lowest BCUT2D eigenvalue weighted by atomic mass is 9.94. The number of H-pyrrole nitrogens is 2. The van der Waals surface area contributed by atoms with Crippen molar-refractivity contribution in [1.82, 2.24) is 24.8 Å². The smallest absolute Gasteiger partial charge is 0.253 e. The highest BCUT2D eigenvalue weighted by atomic mass is 16.2. The summed E-state index contributed by atoms with van der Waals surface area (Å²) in [6.07, 6.45) is 1.83. The Balaban J connectivity index is 1.58. The van der Waals surface area contributed by atoms with Gasteiger partial charge in [0.25, 0.3) is 11.5 Å². The average molecular weight is 351 g/mol. The topological polar surface area (TPSA) is 94.7 Å². The molecule has 7 nitrogen and oxygen atoms in total. The van der Waals surface area contributed by atoms with E-state index in [1.807, 2.05) is 30.0 Å². The van der Waals surface area contributed by atoms with E-state index in [1.165, 1.54) is 0 Å². The lowest BCUT2D eigenvalue weighted by molar-refractivity contribution is 0.0706. The van der Waals surface area contributed by atoms with E-state index in [0.29, 0.717) is 17.9 Å². The minimum atomic E-state index is -0.143. The number of benzene rings is 1. The Morgan fingerprint density at radius 3 is 2.77 bits per heavy atom. The lowest BCUT2D eigenvalue weighted by Crippen LogP contribution is -2.39. The molecule has 26 heavy (non-hydrogen) atoms. The third-order valence-electron chi connectivity index (χ3n) is 4.85. The van der Waals surface area contributed by atoms with Gasteiger partial charge < -0.3 is 14.9 Å². The fourth-order valence-electron chi connectivity index (χ4n) is 3.67. The number of carbonyl (C=O) groups is 1. The molecule has 134 valence electrons. The van der Waals surface area contributed by atoms with E-state index in [-0.39, 0.29) is 17.4 Å². The van der Waals surface area contributed by atoms with Gasteiger partial charge in [-0.25, -0.2) is 9.97 Å². The zero-order chi connectivity index (χ0) is 18.3. The number of hydrogen-bond acceptors (Lipinski definition) is 4. The SMILES string of the molecule is Cc1nc(C2CCCN(C(=O)c3ccc4nc(C)[nH]c4c3)C2)cc(=O)[nH]1. The second kappa shape index (κ2) is 6.40. The third-order valence-corrected chi connectivity index (χ3v) is 4.85. The van der Waals surface area contributed by atoms with Gasteiger partial charge in [0.1, 0.15) is 11.6 Å². The number of aromatic nitrogens is 4. The van der Waals surface area contributed by atoms with Gasteiger partial charge in [-0.15, -0.1) is 0 Å². The van der Waals surface area contributed by atoms with Crippen LogP contribution in [0.4, 0.5) is 0 Å². The number of rotatable bonds is 2. The van der Waals surface area contributed by atoms with Gasteiger partial charge >= 0.3 is 0 Å². The largest absolute Gasteiger partial charge is 0.342 e. The molecule has 1 saturated heterocycles. The molecule has 0 bridgehead atoms. The van der Waals surface area contributed by atoms with Crippen LogP contribution in [0.5, 0.6) is 0 Å². The van der Waals surface area contributed by atoms with Crippen molar-refractivity contribution in [3.8, 4) is 0 Å². The van der Waals surface area contributed by atoms with Crippen LogP contribution in [-0.4, -0.2) is 43.8 Å². The molecule has 1 atom stereocenters. The van der Waals surface area contributed by atoms with Crippen LogP contribution in [0.1, 0.15) is 46.5 Å². The number of hydrogen-bond donors (Lipinski definition) is 2. The van der Waals surface area contributed by atoms with Crippen molar-refractivity contribution in [2.45, 2.75) is 32.6 Å². The van der Waals surface area contributed by atoms with Gasteiger partial charge in [-0.2, -0.15) is 0 Å². The zero-order valence-corrected chi connectivity index (χ0v) is 14.9. The van der Waals surface area contributed by atoms with Gasteiger partial charge in [-0.05, 0) is 44.9 Å². The van der Waals surface area contributed by atoms with Gasteiger partial charge in [-0.1, -0.05) is 0 Å². The number of carbonyl (C=O) groups excluding carboxylic acids is 1. The summed E-state index contributed by atoms with van der Waals surface area (Å²) in [7, 11) is 0. The summed E-state index contributed by atoms with van der Waals surface area (Å²) in [6, 6.07) is 7.10. The highest BCUT2D eigenvalue weighted by Gasteiger charge is 2.27. The molecule has 1 unspecified atom stereocenters. The molecule has 1 aliphatic heterocycles. The Morgan fingerprint density at radius 2 is 1.96 bits per heavy atom. The number of likely N-dealkylation sites (tertiary alicyclic amines) is 1. The fraction of sp³-hybridized carbons (Fsp3) is 0.368. The van der Waals surface area contributed by atoms with Crippen LogP contribution in [0.25, 0.3) is 11.0 Å². The average Bonchev–Trinajstić information content (AvgIpc) is 2.99. The quantitative estimate of drug-likeness (QED) is 0.740. The Labute approximate surface area is 150 Å². The highest BCUT2D eigenvalue weighted by molar-refractivity contribution is 5.97. The number of nitrogens with zero attached hydrogens (tertiary/aromatic N) is 3. The number of fused-ring (bicyclic) bond motifs is 1. The number of amides is 1. The van der Waals surface area contributed by atoms with Crippen molar-refractivity contribution in [3.63, 3.8) is 0 Å². The zero-order valence-electron chi connectivity index (χ0n) is 14.9. The summed E-state index contributed by atoms with van der Waals surface area (Å²) >= 11 is 0. The molecular weight excluding hydrogens is 330 g/mol. The molecular formula is C19H21N5O2. The predicted octanol–water partition coefficient (Wildman–Crippen LogP) is 2.28. The van der Waals surface area contributed by atoms with Crippen molar-refractivity contribution in [1.29, 1.82) is 0 Å². The fourth-order valence-corrected chi connectivity index (χ4v) is 3.67. The monoisotopic (exact) mass is 351 g/mol. The molecule has 4 rings (SSSR count). The van der Waals surface area contributed by atoms with Gasteiger partial charge in [0.15, 0.2) is 0 Å². The van der Waals surface area contributed by atoms with Gasteiger partial charge in [0.05, 0.1) is 16.7 Å². The van der Waals surface area contributed by atoms with Crippen molar-refractivity contribution in [2.75, 3.05) is 13.1 Å². The lowest BCUT2D eigenvalue weighted by Gasteiger charge is -2.32. The van der Waals surface area contributed by atoms with Crippen LogP contribution in [0.2, 0.25) is 0 Å². The second-order valence-corrected chi connectivity index (χ2v) is 6.90. The first kappa shape index (κ1) is 16.5. The van der Waals surface area contributed by atoms with Gasteiger partial charge in [0.2, 0.25) is 0 Å². The molecule has 1 fully saturated rings. The number of piperidine rings is 1. The van der Waals surface area contributed by atoms with Crippen LogP contribution in [0, 0.1) is 13.8 Å². The molecule has 2 N–H and O–H groups in total. The molecule has 0 saturated carbocycles. The number of imidazole rings is 1. The number of nitrogens with one attached hydrogen (secondary N) is 2. The van der Waals surface area contributed by atoms with Crippen LogP contribution in [0.3, 0.4) is 0 Å².